The third-order valence-corrected chi connectivity index (χ3v) is 4.15. The number of quaternary nitrogens is 2. The van der Waals surface area contributed by atoms with Crippen molar-refractivity contribution in [1.29, 1.82) is 0 Å². The fourth-order valence-corrected chi connectivity index (χ4v) is 3.41. The molecule has 0 aromatic carbocycles. The third kappa shape index (κ3) is 7.43. The van der Waals surface area contributed by atoms with Crippen LogP contribution in [0.3, 0.4) is 0 Å². The van der Waals surface area contributed by atoms with Crippen molar-refractivity contribution in [3.8, 4) is 0 Å². The summed E-state index contributed by atoms with van der Waals surface area (Å²) in [5.74, 6) is -1.61. The van der Waals surface area contributed by atoms with E-state index in [2.05, 4.69) is 13.8 Å². The molecule has 6 nitrogen and oxygen atoms in total. The third-order valence-electron chi connectivity index (χ3n) is 4.15. The van der Waals surface area contributed by atoms with Crippen LogP contribution < -0.4 is 0 Å². The van der Waals surface area contributed by atoms with Crippen LogP contribution in [0.5, 0.6) is 0 Å². The molecule has 21 heavy (non-hydrogen) atoms. The van der Waals surface area contributed by atoms with Gasteiger partial charge >= 0.3 is 11.9 Å². The first-order valence-corrected chi connectivity index (χ1v) is 7.44. The molecule has 0 heterocycles. The van der Waals surface area contributed by atoms with Gasteiger partial charge in [-0.25, -0.2) is 9.59 Å². The molecular weight excluding hydrogens is 272 g/mol. The van der Waals surface area contributed by atoms with Crippen LogP contribution in [0.1, 0.15) is 26.7 Å². The Hall–Kier alpha value is -1.14. The van der Waals surface area contributed by atoms with Gasteiger partial charge < -0.3 is 19.2 Å². The normalized spacial score (nSPS) is 13.2. The van der Waals surface area contributed by atoms with Crippen molar-refractivity contribution in [2.45, 2.75) is 26.7 Å². The molecule has 0 saturated carbocycles. The van der Waals surface area contributed by atoms with Gasteiger partial charge in [0.15, 0.2) is 13.1 Å². The van der Waals surface area contributed by atoms with Gasteiger partial charge in [0.25, 0.3) is 0 Å². The summed E-state index contributed by atoms with van der Waals surface area (Å²) < 4.78 is 0.814. The molecule has 0 aliphatic carbocycles. The first-order valence-electron chi connectivity index (χ1n) is 7.44. The average Bonchev–Trinajstić information content (AvgIpc) is 2.23. The molecule has 0 radical (unpaired) electrons. The van der Waals surface area contributed by atoms with Gasteiger partial charge in [0, 0.05) is 0 Å². The molecule has 2 N–H and O–H groups in total. The van der Waals surface area contributed by atoms with Crippen molar-refractivity contribution < 1.29 is 28.8 Å². The zero-order valence-corrected chi connectivity index (χ0v) is 14.3. The van der Waals surface area contributed by atoms with Gasteiger partial charge in [0.2, 0.25) is 0 Å². The van der Waals surface area contributed by atoms with Crippen LogP contribution in [0.15, 0.2) is 0 Å². The lowest BCUT2D eigenvalue weighted by Crippen LogP contribution is -2.57. The lowest BCUT2D eigenvalue weighted by molar-refractivity contribution is -0.914. The molecule has 0 unspecified atom stereocenters. The van der Waals surface area contributed by atoms with Crippen molar-refractivity contribution in [2.24, 2.45) is 5.41 Å². The fourth-order valence-electron chi connectivity index (χ4n) is 3.41. The number of nitrogens with zero attached hydrogens (tertiary/aromatic N) is 2. The molecule has 0 aromatic rings. The van der Waals surface area contributed by atoms with Crippen LogP contribution in [0.4, 0.5) is 0 Å². The van der Waals surface area contributed by atoms with Crippen molar-refractivity contribution >= 4 is 11.9 Å². The van der Waals surface area contributed by atoms with E-state index < -0.39 is 11.9 Å². The zero-order valence-electron chi connectivity index (χ0n) is 14.3. The van der Waals surface area contributed by atoms with Crippen LogP contribution in [0.25, 0.3) is 0 Å². The molecule has 0 amide bonds. The molecule has 0 aliphatic heterocycles. The Morgan fingerprint density at radius 2 is 1.10 bits per heavy atom. The lowest BCUT2D eigenvalue weighted by Gasteiger charge is -2.43. The molecule has 0 saturated heterocycles. The largest absolute Gasteiger partial charge is 0.477 e. The second-order valence-corrected chi connectivity index (χ2v) is 7.50. The number of hydrogen-bond acceptors (Lipinski definition) is 2. The quantitative estimate of drug-likeness (QED) is 0.593. The summed E-state index contributed by atoms with van der Waals surface area (Å²) in [6, 6.07) is 0. The van der Waals surface area contributed by atoms with Gasteiger partial charge in [0.05, 0.1) is 46.7 Å². The van der Waals surface area contributed by atoms with Gasteiger partial charge in [-0.3, -0.25) is 0 Å². The van der Waals surface area contributed by atoms with Crippen LogP contribution in [-0.2, 0) is 9.59 Å². The molecule has 0 aliphatic rings. The Kier molecular flexibility index (Phi) is 6.83. The van der Waals surface area contributed by atoms with Crippen LogP contribution in [0.2, 0.25) is 0 Å². The van der Waals surface area contributed by atoms with Gasteiger partial charge in [-0.15, -0.1) is 0 Å². The van der Waals surface area contributed by atoms with Crippen molar-refractivity contribution in [3.05, 3.63) is 0 Å². The number of carboxylic acids is 2. The minimum Gasteiger partial charge on any atom is -0.477 e. The van der Waals surface area contributed by atoms with E-state index in [4.69, 9.17) is 10.2 Å². The van der Waals surface area contributed by atoms with Gasteiger partial charge in [-0.2, -0.15) is 0 Å². The minimum absolute atomic E-state index is 0.0576. The smallest absolute Gasteiger partial charge is 0.359 e. The Morgan fingerprint density at radius 1 is 0.810 bits per heavy atom. The highest BCUT2D eigenvalue weighted by atomic mass is 16.4. The van der Waals surface area contributed by atoms with Gasteiger partial charge in [-0.1, -0.05) is 13.8 Å². The zero-order chi connectivity index (χ0) is 16.9. The van der Waals surface area contributed by atoms with E-state index in [1.54, 1.807) is 0 Å². The van der Waals surface area contributed by atoms with E-state index in [0.29, 0.717) is 8.97 Å². The summed E-state index contributed by atoms with van der Waals surface area (Å²) in [6.07, 6.45) is 1.82. The first-order chi connectivity index (χ1) is 9.37. The molecule has 0 atom stereocenters. The van der Waals surface area contributed by atoms with Crippen molar-refractivity contribution in [2.75, 3.05) is 54.4 Å². The summed E-state index contributed by atoms with van der Waals surface area (Å²) >= 11 is 0. The SMILES string of the molecule is CCC(CC)(C[N+](C)(C)CC(=O)O)C[N+](C)(C)CC(=O)O. The predicted octanol–water partition coefficient (Wildman–Crippen LogP) is 1.11. The molecule has 0 bridgehead atoms. The molecule has 124 valence electrons. The Morgan fingerprint density at radius 3 is 1.29 bits per heavy atom. The van der Waals surface area contributed by atoms with Crippen LogP contribution in [-0.4, -0.2) is 85.5 Å². The van der Waals surface area contributed by atoms with E-state index in [1.807, 2.05) is 28.2 Å². The van der Waals surface area contributed by atoms with Gasteiger partial charge in [0.1, 0.15) is 0 Å². The highest BCUT2D eigenvalue weighted by Gasteiger charge is 2.41. The number of aliphatic carboxylic acids is 2. The lowest BCUT2D eigenvalue weighted by atomic mass is 9.80. The standard InChI is InChI=1S/C15H30N2O4/c1-7-15(8-2,11-16(3,4)9-13(18)19)12-17(5,6)10-14(20)21/h7-12H2,1-6H3/p+2. The summed E-state index contributed by atoms with van der Waals surface area (Å²) in [6.45, 7) is 5.82. The molecule has 0 rings (SSSR count). The van der Waals surface area contributed by atoms with E-state index >= 15 is 0 Å². The van der Waals surface area contributed by atoms with E-state index in [-0.39, 0.29) is 18.5 Å². The van der Waals surface area contributed by atoms with Crippen molar-refractivity contribution in [3.63, 3.8) is 0 Å². The second-order valence-electron chi connectivity index (χ2n) is 7.50. The monoisotopic (exact) mass is 304 g/mol. The second kappa shape index (κ2) is 7.22. The Balaban J connectivity index is 5.16. The highest BCUT2D eigenvalue weighted by molar-refractivity contribution is 5.68. The van der Waals surface area contributed by atoms with E-state index in [1.165, 1.54) is 0 Å². The van der Waals surface area contributed by atoms with Crippen molar-refractivity contribution in [1.82, 2.24) is 0 Å². The van der Waals surface area contributed by atoms with E-state index in [0.717, 1.165) is 25.9 Å². The van der Waals surface area contributed by atoms with Crippen LogP contribution >= 0.6 is 0 Å². The number of carbonyl (C=O) groups is 2. The predicted molar refractivity (Wildman–Crippen MR) is 82.0 cm³/mol. The number of likely N-dealkylation sites (N-methyl/N-ethyl adjacent to an activating group) is 2. The summed E-state index contributed by atoms with van der Waals surface area (Å²) in [4.78, 5) is 22.0. The minimum atomic E-state index is -0.805. The molecule has 0 spiro atoms. The maximum absolute atomic E-state index is 11.0. The number of carboxylic acid groups (broad SMARTS) is 2. The Bertz CT molecular complexity index is 342. The fraction of sp³-hybridized carbons (Fsp3) is 0.867. The number of hydrogen-bond donors (Lipinski definition) is 2. The summed E-state index contributed by atoms with van der Waals surface area (Å²) in [5, 5.41) is 18.1. The maximum atomic E-state index is 11.0. The van der Waals surface area contributed by atoms with Crippen LogP contribution in [0, 0.1) is 5.41 Å². The molecule has 0 aromatic heterocycles. The first kappa shape index (κ1) is 19.9. The molecule has 6 heteroatoms. The molecular formula is C15H32N2O4+2. The average molecular weight is 304 g/mol. The van der Waals surface area contributed by atoms with Gasteiger partial charge in [-0.05, 0) is 12.8 Å². The number of rotatable bonds is 10. The van der Waals surface area contributed by atoms with E-state index in [9.17, 15) is 9.59 Å². The summed E-state index contributed by atoms with van der Waals surface area (Å²) in [5.41, 5.74) is -0.0576. The molecule has 0 fully saturated rings. The topological polar surface area (TPSA) is 74.6 Å². The maximum Gasteiger partial charge on any atom is 0.359 e. The Labute approximate surface area is 128 Å². The highest BCUT2D eigenvalue weighted by Crippen LogP contribution is 2.32. The summed E-state index contributed by atoms with van der Waals surface area (Å²) in [7, 11) is 7.69.